The summed E-state index contributed by atoms with van der Waals surface area (Å²) in [5, 5.41) is 2.97. The molecule has 0 heterocycles. The second-order valence-corrected chi connectivity index (χ2v) is 4.53. The molecular formula is C14H22N2O. The SMILES string of the molecule is CCc1ccc(C(=O)NC(C)C(C)CN)cc1. The molecule has 0 aromatic heterocycles. The summed E-state index contributed by atoms with van der Waals surface area (Å²) in [6.07, 6.45) is 0.989. The molecule has 0 bridgehead atoms. The van der Waals surface area contributed by atoms with Crippen molar-refractivity contribution in [2.24, 2.45) is 11.7 Å². The third kappa shape index (κ3) is 3.86. The molecule has 0 saturated carbocycles. The fourth-order valence-corrected chi connectivity index (χ4v) is 1.53. The zero-order chi connectivity index (χ0) is 12.8. The highest BCUT2D eigenvalue weighted by molar-refractivity contribution is 5.94. The summed E-state index contributed by atoms with van der Waals surface area (Å²) < 4.78 is 0. The van der Waals surface area contributed by atoms with Gasteiger partial charge >= 0.3 is 0 Å². The van der Waals surface area contributed by atoms with E-state index in [2.05, 4.69) is 12.2 Å². The molecule has 3 nitrogen and oxygen atoms in total. The minimum absolute atomic E-state index is 0.0274. The fraction of sp³-hybridized carbons (Fsp3) is 0.500. The average Bonchev–Trinajstić information content (AvgIpc) is 2.37. The van der Waals surface area contributed by atoms with Gasteiger partial charge in [0.15, 0.2) is 0 Å². The molecule has 1 aromatic carbocycles. The molecular weight excluding hydrogens is 212 g/mol. The first kappa shape index (κ1) is 13.7. The largest absolute Gasteiger partial charge is 0.349 e. The summed E-state index contributed by atoms with van der Waals surface area (Å²) >= 11 is 0. The van der Waals surface area contributed by atoms with Crippen molar-refractivity contribution < 1.29 is 4.79 Å². The Morgan fingerprint density at radius 1 is 1.29 bits per heavy atom. The highest BCUT2D eigenvalue weighted by Crippen LogP contribution is 2.07. The van der Waals surface area contributed by atoms with Crippen LogP contribution in [-0.2, 0) is 6.42 Å². The second-order valence-electron chi connectivity index (χ2n) is 4.53. The molecule has 0 aliphatic carbocycles. The molecule has 1 aromatic rings. The molecule has 3 N–H and O–H groups in total. The van der Waals surface area contributed by atoms with Gasteiger partial charge in [0, 0.05) is 11.6 Å². The van der Waals surface area contributed by atoms with Gasteiger partial charge in [-0.05, 0) is 43.5 Å². The van der Waals surface area contributed by atoms with Gasteiger partial charge in [0.05, 0.1) is 0 Å². The van der Waals surface area contributed by atoms with Crippen LogP contribution in [0.3, 0.4) is 0 Å². The Balaban J connectivity index is 2.63. The molecule has 0 spiro atoms. The monoisotopic (exact) mass is 234 g/mol. The zero-order valence-corrected chi connectivity index (χ0v) is 10.9. The fourth-order valence-electron chi connectivity index (χ4n) is 1.53. The molecule has 1 rings (SSSR count). The Labute approximate surface area is 103 Å². The van der Waals surface area contributed by atoms with E-state index in [1.54, 1.807) is 0 Å². The average molecular weight is 234 g/mol. The second kappa shape index (κ2) is 6.40. The van der Waals surface area contributed by atoms with E-state index in [-0.39, 0.29) is 17.9 Å². The Morgan fingerprint density at radius 3 is 2.35 bits per heavy atom. The van der Waals surface area contributed by atoms with Crippen LogP contribution in [0.2, 0.25) is 0 Å². The van der Waals surface area contributed by atoms with Crippen LogP contribution in [0.5, 0.6) is 0 Å². The van der Waals surface area contributed by atoms with Crippen molar-refractivity contribution >= 4 is 5.91 Å². The predicted octanol–water partition coefficient (Wildman–Crippen LogP) is 1.96. The number of nitrogens with two attached hydrogens (primary N) is 1. The van der Waals surface area contributed by atoms with Crippen molar-refractivity contribution in [3.05, 3.63) is 35.4 Å². The van der Waals surface area contributed by atoms with E-state index in [0.29, 0.717) is 12.1 Å². The lowest BCUT2D eigenvalue weighted by atomic mass is 10.0. The normalized spacial score (nSPS) is 14.1. The number of nitrogens with one attached hydrogen (secondary N) is 1. The maximum absolute atomic E-state index is 11.9. The lowest BCUT2D eigenvalue weighted by Gasteiger charge is -2.19. The van der Waals surface area contributed by atoms with E-state index in [1.807, 2.05) is 38.1 Å². The van der Waals surface area contributed by atoms with E-state index in [0.717, 1.165) is 6.42 Å². The van der Waals surface area contributed by atoms with Gasteiger partial charge in [-0.25, -0.2) is 0 Å². The Morgan fingerprint density at radius 2 is 1.88 bits per heavy atom. The van der Waals surface area contributed by atoms with E-state index in [4.69, 9.17) is 5.73 Å². The minimum atomic E-state index is -0.0274. The molecule has 2 atom stereocenters. The van der Waals surface area contributed by atoms with Gasteiger partial charge < -0.3 is 11.1 Å². The molecule has 0 radical (unpaired) electrons. The summed E-state index contributed by atoms with van der Waals surface area (Å²) in [6.45, 7) is 6.69. The van der Waals surface area contributed by atoms with Gasteiger partial charge in [0.25, 0.3) is 5.91 Å². The van der Waals surface area contributed by atoms with E-state index < -0.39 is 0 Å². The highest BCUT2D eigenvalue weighted by Gasteiger charge is 2.14. The van der Waals surface area contributed by atoms with Crippen molar-refractivity contribution in [3.63, 3.8) is 0 Å². The number of aryl methyl sites for hydroxylation is 1. The van der Waals surface area contributed by atoms with Gasteiger partial charge in [-0.15, -0.1) is 0 Å². The number of rotatable bonds is 5. The Kier molecular flexibility index (Phi) is 5.16. The van der Waals surface area contributed by atoms with Gasteiger partial charge in [-0.3, -0.25) is 4.79 Å². The van der Waals surface area contributed by atoms with Crippen LogP contribution in [0, 0.1) is 5.92 Å². The summed E-state index contributed by atoms with van der Waals surface area (Å²) in [4.78, 5) is 11.9. The molecule has 0 aliphatic rings. The molecule has 1 amide bonds. The van der Waals surface area contributed by atoms with Crippen molar-refractivity contribution in [1.82, 2.24) is 5.32 Å². The van der Waals surface area contributed by atoms with E-state index in [9.17, 15) is 4.79 Å². The number of carbonyl (C=O) groups is 1. The number of carbonyl (C=O) groups excluding carboxylic acids is 1. The van der Waals surface area contributed by atoms with E-state index >= 15 is 0 Å². The van der Waals surface area contributed by atoms with Gasteiger partial charge in [0.1, 0.15) is 0 Å². The van der Waals surface area contributed by atoms with Crippen molar-refractivity contribution in [1.29, 1.82) is 0 Å². The van der Waals surface area contributed by atoms with Crippen molar-refractivity contribution in [2.45, 2.75) is 33.2 Å². The van der Waals surface area contributed by atoms with Crippen LogP contribution in [0.15, 0.2) is 24.3 Å². The summed E-state index contributed by atoms with van der Waals surface area (Å²) in [5.41, 5.74) is 7.52. The van der Waals surface area contributed by atoms with Crippen LogP contribution in [0.25, 0.3) is 0 Å². The molecule has 0 fully saturated rings. The van der Waals surface area contributed by atoms with Gasteiger partial charge in [0.2, 0.25) is 0 Å². The Bertz CT molecular complexity index is 359. The summed E-state index contributed by atoms with van der Waals surface area (Å²) in [5.74, 6) is 0.259. The lowest BCUT2D eigenvalue weighted by molar-refractivity contribution is 0.0929. The topological polar surface area (TPSA) is 55.1 Å². The third-order valence-corrected chi connectivity index (χ3v) is 3.21. The minimum Gasteiger partial charge on any atom is -0.349 e. The molecule has 3 heteroatoms. The maximum atomic E-state index is 11.9. The first-order chi connectivity index (χ1) is 8.08. The summed E-state index contributed by atoms with van der Waals surface area (Å²) in [7, 11) is 0. The first-order valence-electron chi connectivity index (χ1n) is 6.18. The van der Waals surface area contributed by atoms with Crippen molar-refractivity contribution in [2.75, 3.05) is 6.54 Å². The van der Waals surface area contributed by atoms with Crippen LogP contribution in [0.1, 0.15) is 36.7 Å². The molecule has 94 valence electrons. The molecule has 0 aliphatic heterocycles. The van der Waals surface area contributed by atoms with Crippen LogP contribution >= 0.6 is 0 Å². The Hall–Kier alpha value is -1.35. The number of amides is 1. The number of hydrogen-bond donors (Lipinski definition) is 2. The molecule has 17 heavy (non-hydrogen) atoms. The van der Waals surface area contributed by atoms with Gasteiger partial charge in [-0.2, -0.15) is 0 Å². The zero-order valence-electron chi connectivity index (χ0n) is 10.9. The van der Waals surface area contributed by atoms with Gasteiger partial charge in [-0.1, -0.05) is 26.0 Å². The number of benzene rings is 1. The lowest BCUT2D eigenvalue weighted by Crippen LogP contribution is -2.39. The van der Waals surface area contributed by atoms with Crippen molar-refractivity contribution in [3.8, 4) is 0 Å². The smallest absolute Gasteiger partial charge is 0.251 e. The standard InChI is InChI=1S/C14H22N2O/c1-4-12-5-7-13(8-6-12)14(17)16-11(3)10(2)9-15/h5-8,10-11H,4,9,15H2,1-3H3,(H,16,17). The predicted molar refractivity (Wildman–Crippen MR) is 71.0 cm³/mol. The number of hydrogen-bond acceptors (Lipinski definition) is 2. The first-order valence-corrected chi connectivity index (χ1v) is 6.18. The van der Waals surface area contributed by atoms with E-state index in [1.165, 1.54) is 5.56 Å². The maximum Gasteiger partial charge on any atom is 0.251 e. The third-order valence-electron chi connectivity index (χ3n) is 3.21. The van der Waals surface area contributed by atoms with Crippen LogP contribution in [-0.4, -0.2) is 18.5 Å². The van der Waals surface area contributed by atoms with Crippen LogP contribution < -0.4 is 11.1 Å². The van der Waals surface area contributed by atoms with Crippen LogP contribution in [0.4, 0.5) is 0 Å². The summed E-state index contributed by atoms with van der Waals surface area (Å²) in [6, 6.07) is 7.82. The quantitative estimate of drug-likeness (QED) is 0.818. The molecule has 2 unspecified atom stereocenters. The molecule has 0 saturated heterocycles. The highest BCUT2D eigenvalue weighted by atomic mass is 16.1.